The van der Waals surface area contributed by atoms with Crippen molar-refractivity contribution in [1.82, 2.24) is 0 Å². The van der Waals surface area contributed by atoms with E-state index in [0.717, 1.165) is 29.7 Å². The molecule has 2 rings (SSSR count). The van der Waals surface area contributed by atoms with Gasteiger partial charge in [0.1, 0.15) is 5.75 Å². The molecule has 0 amide bonds. The largest absolute Gasteiger partial charge is 0.496 e. The second-order valence-corrected chi connectivity index (χ2v) is 5.83. The van der Waals surface area contributed by atoms with Gasteiger partial charge in [0.15, 0.2) is 0 Å². The maximum absolute atomic E-state index is 5.98. The molecule has 18 heavy (non-hydrogen) atoms. The summed E-state index contributed by atoms with van der Waals surface area (Å²) in [6, 6.07) is 6.21. The van der Waals surface area contributed by atoms with Crippen LogP contribution in [0.1, 0.15) is 18.9 Å². The standard InChI is InChI=1S/C14H20BrNO2/c1-10-14(9-16,5-6-18-10)8-11-3-4-13(17-2)12(15)7-11/h3-4,7,10H,5-6,8-9,16H2,1-2H3. The van der Waals surface area contributed by atoms with Gasteiger partial charge in [-0.05, 0) is 53.4 Å². The number of hydrogen-bond acceptors (Lipinski definition) is 3. The van der Waals surface area contributed by atoms with Crippen molar-refractivity contribution in [1.29, 1.82) is 0 Å². The first kappa shape index (κ1) is 13.8. The highest BCUT2D eigenvalue weighted by atomic mass is 79.9. The normalized spacial score (nSPS) is 27.4. The highest BCUT2D eigenvalue weighted by Crippen LogP contribution is 2.38. The predicted molar refractivity (Wildman–Crippen MR) is 75.9 cm³/mol. The Balaban J connectivity index is 2.20. The number of hydrogen-bond donors (Lipinski definition) is 1. The van der Waals surface area contributed by atoms with Crippen molar-refractivity contribution in [2.75, 3.05) is 20.3 Å². The molecular formula is C14H20BrNO2. The van der Waals surface area contributed by atoms with E-state index in [9.17, 15) is 0 Å². The van der Waals surface area contributed by atoms with Gasteiger partial charge in [-0.25, -0.2) is 0 Å². The van der Waals surface area contributed by atoms with E-state index in [1.165, 1.54) is 5.56 Å². The molecule has 100 valence electrons. The summed E-state index contributed by atoms with van der Waals surface area (Å²) in [5.74, 6) is 0.858. The van der Waals surface area contributed by atoms with Crippen LogP contribution in [0, 0.1) is 5.41 Å². The summed E-state index contributed by atoms with van der Waals surface area (Å²) in [4.78, 5) is 0. The Hall–Kier alpha value is -0.580. The highest BCUT2D eigenvalue weighted by molar-refractivity contribution is 9.10. The fraction of sp³-hybridized carbons (Fsp3) is 0.571. The number of methoxy groups -OCH3 is 1. The summed E-state index contributed by atoms with van der Waals surface area (Å²) in [7, 11) is 1.67. The number of rotatable bonds is 4. The minimum atomic E-state index is 0.0774. The van der Waals surface area contributed by atoms with Crippen LogP contribution in [0.15, 0.2) is 22.7 Å². The molecule has 0 aromatic heterocycles. The van der Waals surface area contributed by atoms with Gasteiger partial charge in [-0.3, -0.25) is 0 Å². The second kappa shape index (κ2) is 5.59. The smallest absolute Gasteiger partial charge is 0.133 e. The molecule has 1 aromatic carbocycles. The molecule has 2 unspecified atom stereocenters. The van der Waals surface area contributed by atoms with E-state index in [4.69, 9.17) is 15.2 Å². The highest BCUT2D eigenvalue weighted by Gasteiger charge is 2.40. The third-order valence-corrected chi connectivity index (χ3v) is 4.63. The van der Waals surface area contributed by atoms with Gasteiger partial charge in [-0.2, -0.15) is 0 Å². The van der Waals surface area contributed by atoms with E-state index in [0.29, 0.717) is 6.54 Å². The van der Waals surface area contributed by atoms with E-state index in [1.54, 1.807) is 7.11 Å². The van der Waals surface area contributed by atoms with Gasteiger partial charge in [0.2, 0.25) is 0 Å². The molecule has 4 heteroatoms. The monoisotopic (exact) mass is 313 g/mol. The molecule has 3 nitrogen and oxygen atoms in total. The van der Waals surface area contributed by atoms with Crippen LogP contribution in [-0.4, -0.2) is 26.4 Å². The minimum Gasteiger partial charge on any atom is -0.496 e. The summed E-state index contributed by atoms with van der Waals surface area (Å²) >= 11 is 3.52. The van der Waals surface area contributed by atoms with Crippen molar-refractivity contribution >= 4 is 15.9 Å². The third-order valence-electron chi connectivity index (χ3n) is 4.01. The maximum Gasteiger partial charge on any atom is 0.133 e. The summed E-state index contributed by atoms with van der Waals surface area (Å²) < 4.78 is 11.9. The topological polar surface area (TPSA) is 44.5 Å². The summed E-state index contributed by atoms with van der Waals surface area (Å²) in [5.41, 5.74) is 7.33. The van der Waals surface area contributed by atoms with Crippen molar-refractivity contribution in [2.45, 2.75) is 25.9 Å². The lowest BCUT2D eigenvalue weighted by molar-refractivity contribution is 0.0673. The van der Waals surface area contributed by atoms with Crippen LogP contribution in [0.2, 0.25) is 0 Å². The zero-order valence-corrected chi connectivity index (χ0v) is 12.5. The molecule has 2 N–H and O–H groups in total. The number of ether oxygens (including phenoxy) is 2. The summed E-state index contributed by atoms with van der Waals surface area (Å²) in [6.45, 7) is 3.60. The third kappa shape index (κ3) is 2.56. The zero-order chi connectivity index (χ0) is 13.2. The fourth-order valence-electron chi connectivity index (χ4n) is 2.62. The Morgan fingerprint density at radius 3 is 2.83 bits per heavy atom. The molecule has 1 aliphatic rings. The lowest BCUT2D eigenvalue weighted by Gasteiger charge is -2.31. The average Bonchev–Trinajstić information content (AvgIpc) is 2.72. The van der Waals surface area contributed by atoms with Gasteiger partial charge in [0, 0.05) is 18.6 Å². The number of benzene rings is 1. The first-order valence-corrected chi connectivity index (χ1v) is 7.05. The molecule has 0 spiro atoms. The zero-order valence-electron chi connectivity index (χ0n) is 10.9. The Labute approximate surface area is 117 Å². The molecule has 0 radical (unpaired) electrons. The van der Waals surface area contributed by atoms with E-state index >= 15 is 0 Å². The van der Waals surface area contributed by atoms with Crippen molar-refractivity contribution in [3.8, 4) is 5.75 Å². The maximum atomic E-state index is 5.98. The first-order chi connectivity index (χ1) is 8.61. The van der Waals surface area contributed by atoms with Crippen LogP contribution >= 0.6 is 15.9 Å². The molecule has 1 saturated heterocycles. The van der Waals surface area contributed by atoms with Gasteiger partial charge in [-0.15, -0.1) is 0 Å². The average molecular weight is 314 g/mol. The Morgan fingerprint density at radius 2 is 2.33 bits per heavy atom. The molecule has 2 atom stereocenters. The van der Waals surface area contributed by atoms with Crippen LogP contribution in [-0.2, 0) is 11.2 Å². The molecule has 0 aliphatic carbocycles. The summed E-state index contributed by atoms with van der Waals surface area (Å²) in [6.07, 6.45) is 2.21. The van der Waals surface area contributed by atoms with Crippen LogP contribution in [0.5, 0.6) is 5.75 Å². The van der Waals surface area contributed by atoms with Crippen LogP contribution in [0.4, 0.5) is 0 Å². The van der Waals surface area contributed by atoms with Crippen LogP contribution < -0.4 is 10.5 Å². The molecule has 1 heterocycles. The first-order valence-electron chi connectivity index (χ1n) is 6.25. The molecule has 0 bridgehead atoms. The Morgan fingerprint density at radius 1 is 1.56 bits per heavy atom. The molecule has 1 fully saturated rings. The van der Waals surface area contributed by atoms with Crippen molar-refractivity contribution < 1.29 is 9.47 Å². The minimum absolute atomic E-state index is 0.0774. The molecule has 0 saturated carbocycles. The van der Waals surface area contributed by atoms with Crippen molar-refractivity contribution in [3.63, 3.8) is 0 Å². The van der Waals surface area contributed by atoms with Gasteiger partial charge in [0.25, 0.3) is 0 Å². The van der Waals surface area contributed by atoms with E-state index in [-0.39, 0.29) is 11.5 Å². The second-order valence-electron chi connectivity index (χ2n) is 4.98. The van der Waals surface area contributed by atoms with Gasteiger partial charge < -0.3 is 15.2 Å². The Kier molecular flexibility index (Phi) is 4.30. The molecule has 1 aliphatic heterocycles. The van der Waals surface area contributed by atoms with Gasteiger partial charge in [-0.1, -0.05) is 6.07 Å². The van der Waals surface area contributed by atoms with Crippen molar-refractivity contribution in [3.05, 3.63) is 28.2 Å². The number of halogens is 1. The lowest BCUT2D eigenvalue weighted by Crippen LogP contribution is -2.38. The van der Waals surface area contributed by atoms with E-state index < -0.39 is 0 Å². The lowest BCUT2D eigenvalue weighted by atomic mass is 9.76. The van der Waals surface area contributed by atoms with Gasteiger partial charge in [0.05, 0.1) is 17.7 Å². The quantitative estimate of drug-likeness (QED) is 0.929. The Bertz CT molecular complexity index is 424. The molecular weight excluding hydrogens is 294 g/mol. The van der Waals surface area contributed by atoms with E-state index in [1.807, 2.05) is 6.07 Å². The van der Waals surface area contributed by atoms with Gasteiger partial charge >= 0.3 is 0 Å². The summed E-state index contributed by atoms with van der Waals surface area (Å²) in [5, 5.41) is 0. The molecule has 1 aromatic rings. The SMILES string of the molecule is COc1ccc(CC2(CN)CCOC2C)cc1Br. The van der Waals surface area contributed by atoms with Crippen LogP contribution in [0.25, 0.3) is 0 Å². The number of nitrogens with two attached hydrogens (primary N) is 1. The van der Waals surface area contributed by atoms with E-state index in [2.05, 4.69) is 35.0 Å². The van der Waals surface area contributed by atoms with Crippen LogP contribution in [0.3, 0.4) is 0 Å². The predicted octanol–water partition coefficient (Wildman–Crippen LogP) is 2.75. The fourth-order valence-corrected chi connectivity index (χ4v) is 3.21. The van der Waals surface area contributed by atoms with Crippen molar-refractivity contribution in [2.24, 2.45) is 11.1 Å².